The summed E-state index contributed by atoms with van der Waals surface area (Å²) in [6, 6.07) is 4.41. The average molecular weight is 467 g/mol. The Morgan fingerprint density at radius 1 is 1.32 bits per heavy atom. The van der Waals surface area contributed by atoms with E-state index < -0.39 is 14.0 Å². The number of rotatable bonds is 8. The first-order valence-corrected chi connectivity index (χ1v) is 13.6. The predicted octanol–water partition coefficient (Wildman–Crippen LogP) is 5.90. The van der Waals surface area contributed by atoms with Gasteiger partial charge in [0.15, 0.2) is 0 Å². The molecule has 8 heteroatoms. The SMILES string of the molecule is C[Si](C)(C)CCOCn1c(C(=O)O)c(CCBr)c2c(Cl)cc(Cl)cc21. The fraction of sp³-hybridized carbons (Fsp3) is 0.471. The predicted molar refractivity (Wildman–Crippen MR) is 111 cm³/mol. The van der Waals surface area contributed by atoms with Crippen molar-refractivity contribution in [1.82, 2.24) is 4.57 Å². The summed E-state index contributed by atoms with van der Waals surface area (Å²) in [5.74, 6) is -0.992. The molecule has 1 heterocycles. The van der Waals surface area contributed by atoms with E-state index in [2.05, 4.69) is 35.6 Å². The lowest BCUT2D eigenvalue weighted by Gasteiger charge is -2.16. The number of carbonyl (C=O) groups is 1. The minimum atomic E-state index is -1.21. The first kappa shape index (κ1) is 20.8. The van der Waals surface area contributed by atoms with Crippen LogP contribution in [0.2, 0.25) is 35.7 Å². The minimum absolute atomic E-state index is 0.168. The average Bonchev–Trinajstić information content (AvgIpc) is 2.77. The number of alkyl halides is 1. The third-order valence-corrected chi connectivity index (χ3v) is 6.56. The normalized spacial score (nSPS) is 12.1. The fourth-order valence-electron chi connectivity index (χ4n) is 2.72. The quantitative estimate of drug-likeness (QED) is 0.299. The van der Waals surface area contributed by atoms with E-state index in [1.54, 1.807) is 16.7 Å². The van der Waals surface area contributed by atoms with E-state index in [1.165, 1.54) is 0 Å². The first-order chi connectivity index (χ1) is 11.7. The molecule has 25 heavy (non-hydrogen) atoms. The molecule has 0 unspecified atom stereocenters. The fourth-order valence-corrected chi connectivity index (χ4v) is 4.47. The molecule has 0 bridgehead atoms. The van der Waals surface area contributed by atoms with Crippen LogP contribution in [0.25, 0.3) is 10.9 Å². The zero-order chi connectivity index (χ0) is 18.8. The minimum Gasteiger partial charge on any atom is -0.477 e. The van der Waals surface area contributed by atoms with Crippen molar-refractivity contribution >= 4 is 64.1 Å². The second-order valence-corrected chi connectivity index (χ2v) is 14.4. The van der Waals surface area contributed by atoms with Gasteiger partial charge in [0.25, 0.3) is 0 Å². The molecule has 0 aliphatic carbocycles. The first-order valence-electron chi connectivity index (χ1n) is 8.03. The Labute approximate surface area is 167 Å². The van der Waals surface area contributed by atoms with E-state index in [4.69, 9.17) is 27.9 Å². The zero-order valence-corrected chi connectivity index (χ0v) is 18.6. The second kappa shape index (κ2) is 8.44. The van der Waals surface area contributed by atoms with E-state index in [0.29, 0.717) is 39.5 Å². The van der Waals surface area contributed by atoms with E-state index in [0.717, 1.165) is 11.4 Å². The van der Waals surface area contributed by atoms with Gasteiger partial charge in [0.05, 0.1) is 10.5 Å². The van der Waals surface area contributed by atoms with Crippen LogP contribution in [0.5, 0.6) is 0 Å². The number of aryl methyl sites for hydroxylation is 1. The number of ether oxygens (including phenoxy) is 1. The van der Waals surface area contributed by atoms with E-state index in [-0.39, 0.29) is 12.4 Å². The largest absolute Gasteiger partial charge is 0.477 e. The van der Waals surface area contributed by atoms with Gasteiger partial charge in [0, 0.05) is 30.4 Å². The highest BCUT2D eigenvalue weighted by atomic mass is 79.9. The summed E-state index contributed by atoms with van der Waals surface area (Å²) in [7, 11) is -1.21. The smallest absolute Gasteiger partial charge is 0.352 e. The van der Waals surface area contributed by atoms with Crippen molar-refractivity contribution < 1.29 is 14.6 Å². The maximum atomic E-state index is 11.9. The zero-order valence-electron chi connectivity index (χ0n) is 14.5. The number of carboxylic acid groups (broad SMARTS) is 1. The molecule has 0 saturated carbocycles. The molecule has 0 radical (unpaired) electrons. The summed E-state index contributed by atoms with van der Waals surface area (Å²) < 4.78 is 7.47. The van der Waals surface area contributed by atoms with Crippen LogP contribution in [0.15, 0.2) is 12.1 Å². The van der Waals surface area contributed by atoms with Crippen LogP contribution < -0.4 is 0 Å². The third-order valence-electron chi connectivity index (χ3n) is 3.95. The number of hydrogen-bond donors (Lipinski definition) is 1. The molecule has 0 saturated heterocycles. The molecule has 1 aromatic heterocycles. The van der Waals surface area contributed by atoms with Crippen LogP contribution in [0.3, 0.4) is 0 Å². The van der Waals surface area contributed by atoms with Crippen molar-refractivity contribution in [3.05, 3.63) is 33.4 Å². The highest BCUT2D eigenvalue weighted by molar-refractivity contribution is 9.09. The van der Waals surface area contributed by atoms with E-state index in [1.807, 2.05) is 0 Å². The molecule has 0 aliphatic rings. The van der Waals surface area contributed by atoms with Crippen LogP contribution >= 0.6 is 39.1 Å². The van der Waals surface area contributed by atoms with Gasteiger partial charge < -0.3 is 14.4 Å². The third kappa shape index (κ3) is 5.01. The lowest BCUT2D eigenvalue weighted by atomic mass is 10.1. The van der Waals surface area contributed by atoms with Crippen LogP contribution in [-0.2, 0) is 17.9 Å². The molecule has 2 rings (SSSR count). The van der Waals surface area contributed by atoms with Gasteiger partial charge >= 0.3 is 5.97 Å². The summed E-state index contributed by atoms with van der Waals surface area (Å²) in [5.41, 5.74) is 1.61. The highest BCUT2D eigenvalue weighted by Crippen LogP contribution is 2.35. The van der Waals surface area contributed by atoms with Crippen LogP contribution in [0.1, 0.15) is 16.1 Å². The Kier molecular flexibility index (Phi) is 7.01. The molecule has 0 aliphatic heterocycles. The Morgan fingerprint density at radius 2 is 2.00 bits per heavy atom. The van der Waals surface area contributed by atoms with Gasteiger partial charge in [0.2, 0.25) is 0 Å². The van der Waals surface area contributed by atoms with Crippen molar-refractivity contribution in [2.24, 2.45) is 0 Å². The molecular weight excluding hydrogens is 445 g/mol. The number of nitrogens with zero attached hydrogens (tertiary/aromatic N) is 1. The topological polar surface area (TPSA) is 51.5 Å². The van der Waals surface area contributed by atoms with Gasteiger partial charge in [-0.1, -0.05) is 58.8 Å². The number of halogens is 3. The maximum absolute atomic E-state index is 11.9. The number of benzene rings is 1. The molecule has 4 nitrogen and oxygen atoms in total. The Balaban J connectivity index is 2.49. The summed E-state index contributed by atoms with van der Waals surface area (Å²) in [5, 5.41) is 12.1. The molecule has 1 aromatic carbocycles. The van der Waals surface area contributed by atoms with Crippen molar-refractivity contribution in [3.63, 3.8) is 0 Å². The van der Waals surface area contributed by atoms with Crippen molar-refractivity contribution in [2.75, 3.05) is 11.9 Å². The second-order valence-electron chi connectivity index (χ2n) is 7.13. The Hall–Kier alpha value is -0.533. The van der Waals surface area contributed by atoms with Gasteiger partial charge in [-0.2, -0.15) is 0 Å². The van der Waals surface area contributed by atoms with Gasteiger partial charge in [-0.25, -0.2) is 4.79 Å². The Bertz CT molecular complexity index is 787. The molecule has 0 atom stereocenters. The molecule has 0 amide bonds. The maximum Gasteiger partial charge on any atom is 0.352 e. The molecule has 2 aromatic rings. The van der Waals surface area contributed by atoms with Crippen molar-refractivity contribution in [2.45, 2.75) is 38.8 Å². The van der Waals surface area contributed by atoms with E-state index in [9.17, 15) is 9.90 Å². The van der Waals surface area contributed by atoms with Gasteiger partial charge in [0.1, 0.15) is 12.4 Å². The highest BCUT2D eigenvalue weighted by Gasteiger charge is 2.24. The van der Waals surface area contributed by atoms with Crippen LogP contribution in [0, 0.1) is 0 Å². The summed E-state index contributed by atoms with van der Waals surface area (Å²) in [6.07, 6.45) is 0.557. The van der Waals surface area contributed by atoms with Gasteiger partial charge in [-0.15, -0.1) is 0 Å². The lowest BCUT2D eigenvalue weighted by Crippen LogP contribution is -2.22. The molecule has 138 valence electrons. The van der Waals surface area contributed by atoms with Crippen molar-refractivity contribution in [1.29, 1.82) is 0 Å². The number of hydrogen-bond acceptors (Lipinski definition) is 2. The Morgan fingerprint density at radius 3 is 2.56 bits per heavy atom. The van der Waals surface area contributed by atoms with Crippen LogP contribution in [-0.4, -0.2) is 35.7 Å². The number of aromatic carboxylic acids is 1. The number of aromatic nitrogens is 1. The standard InChI is InChI=1S/C17H22BrCl2NO3Si/c1-25(2,3)7-6-24-10-21-14-9-11(19)8-13(20)15(14)12(4-5-18)16(21)17(22)23/h8-9H,4-7,10H2,1-3H3,(H,22,23). The lowest BCUT2D eigenvalue weighted by molar-refractivity contribution is 0.0628. The van der Waals surface area contributed by atoms with E-state index >= 15 is 0 Å². The summed E-state index contributed by atoms with van der Waals surface area (Å²) in [6.45, 7) is 7.60. The molecule has 1 N–H and O–H groups in total. The molecule has 0 fully saturated rings. The van der Waals surface area contributed by atoms with Gasteiger partial charge in [-0.3, -0.25) is 0 Å². The molecular formula is C17H22BrCl2NO3Si. The summed E-state index contributed by atoms with van der Waals surface area (Å²) >= 11 is 15.9. The molecule has 0 spiro atoms. The summed E-state index contributed by atoms with van der Waals surface area (Å²) in [4.78, 5) is 11.9. The van der Waals surface area contributed by atoms with Crippen molar-refractivity contribution in [3.8, 4) is 0 Å². The monoisotopic (exact) mass is 465 g/mol. The van der Waals surface area contributed by atoms with Gasteiger partial charge in [-0.05, 0) is 30.2 Å². The van der Waals surface area contributed by atoms with Crippen LogP contribution in [0.4, 0.5) is 0 Å². The number of carboxylic acids is 1. The number of fused-ring (bicyclic) bond motifs is 1.